The minimum absolute atomic E-state index is 0.0347. The molecule has 1 aliphatic heterocycles. The molecule has 2 amide bonds. The number of ether oxygens (including phenoxy) is 1. The van der Waals surface area contributed by atoms with Crippen molar-refractivity contribution in [3.63, 3.8) is 0 Å². The largest absolute Gasteiger partial charge is 0.376 e. The lowest BCUT2D eigenvalue weighted by Crippen LogP contribution is -2.44. The van der Waals surface area contributed by atoms with Gasteiger partial charge in [-0.05, 0) is 29.9 Å². The number of likely N-dealkylation sites (tertiary alicyclic amines) is 1. The van der Waals surface area contributed by atoms with E-state index in [-0.39, 0.29) is 6.03 Å². The molecule has 0 atom stereocenters. The van der Waals surface area contributed by atoms with Crippen LogP contribution in [0.15, 0.2) is 60.7 Å². The summed E-state index contributed by atoms with van der Waals surface area (Å²) in [5, 5.41) is 3.00. The molecule has 4 nitrogen and oxygen atoms in total. The summed E-state index contributed by atoms with van der Waals surface area (Å²) in [5.41, 5.74) is 2.33. The number of nitrogens with one attached hydrogen (secondary N) is 1. The summed E-state index contributed by atoms with van der Waals surface area (Å²) < 4.78 is 5.84. The monoisotopic (exact) mass is 338 g/mol. The number of benzene rings is 2. The smallest absolute Gasteiger partial charge is 0.317 e. The Kier molecular flexibility index (Phi) is 6.46. The highest BCUT2D eigenvalue weighted by Crippen LogP contribution is 2.18. The fraction of sp³-hybridized carbons (Fsp3) is 0.381. The maximum atomic E-state index is 12.3. The van der Waals surface area contributed by atoms with Gasteiger partial charge in [-0.2, -0.15) is 0 Å². The molecule has 0 radical (unpaired) electrons. The molecule has 0 aromatic heterocycles. The topological polar surface area (TPSA) is 41.6 Å². The van der Waals surface area contributed by atoms with E-state index in [1.165, 1.54) is 5.56 Å². The van der Waals surface area contributed by atoms with Crippen LogP contribution in [0.1, 0.15) is 24.0 Å². The average molecular weight is 338 g/mol. The molecule has 2 aromatic carbocycles. The van der Waals surface area contributed by atoms with Crippen molar-refractivity contribution in [2.24, 2.45) is 5.92 Å². The molecule has 0 saturated carbocycles. The standard InChI is InChI=1S/C21H26N2O2/c24-21(22-15-18-7-3-1-4-8-18)23-13-11-20(12-14-23)17-25-16-19-9-5-2-6-10-19/h1-10,20H,11-17H2,(H,22,24). The van der Waals surface area contributed by atoms with Crippen LogP contribution < -0.4 is 5.32 Å². The predicted molar refractivity (Wildman–Crippen MR) is 99.1 cm³/mol. The first-order chi connectivity index (χ1) is 12.3. The zero-order valence-corrected chi connectivity index (χ0v) is 14.6. The Balaban J connectivity index is 1.33. The highest BCUT2D eigenvalue weighted by Gasteiger charge is 2.22. The van der Waals surface area contributed by atoms with E-state index in [2.05, 4.69) is 17.4 Å². The molecule has 4 heteroatoms. The van der Waals surface area contributed by atoms with E-state index in [1.807, 2.05) is 53.4 Å². The van der Waals surface area contributed by atoms with Crippen molar-refractivity contribution < 1.29 is 9.53 Å². The van der Waals surface area contributed by atoms with Crippen LogP contribution in [0.25, 0.3) is 0 Å². The third-order valence-corrected chi connectivity index (χ3v) is 4.65. The van der Waals surface area contributed by atoms with Gasteiger partial charge in [-0.25, -0.2) is 4.79 Å². The number of urea groups is 1. The van der Waals surface area contributed by atoms with E-state index in [0.717, 1.165) is 38.1 Å². The first-order valence-electron chi connectivity index (χ1n) is 8.99. The van der Waals surface area contributed by atoms with E-state index in [0.29, 0.717) is 19.1 Å². The van der Waals surface area contributed by atoms with Crippen LogP contribution in [0.2, 0.25) is 0 Å². The van der Waals surface area contributed by atoms with E-state index < -0.39 is 0 Å². The first-order valence-corrected chi connectivity index (χ1v) is 8.99. The lowest BCUT2D eigenvalue weighted by molar-refractivity contribution is 0.0629. The number of carbonyl (C=O) groups is 1. The Morgan fingerprint density at radius 1 is 0.960 bits per heavy atom. The number of hydrogen-bond donors (Lipinski definition) is 1. The lowest BCUT2D eigenvalue weighted by atomic mass is 9.98. The maximum absolute atomic E-state index is 12.3. The summed E-state index contributed by atoms with van der Waals surface area (Å²) >= 11 is 0. The molecule has 132 valence electrons. The highest BCUT2D eigenvalue weighted by atomic mass is 16.5. The van der Waals surface area contributed by atoms with Gasteiger partial charge in [0.25, 0.3) is 0 Å². The third-order valence-electron chi connectivity index (χ3n) is 4.65. The number of hydrogen-bond acceptors (Lipinski definition) is 2. The maximum Gasteiger partial charge on any atom is 0.317 e. The molecule has 0 spiro atoms. The fourth-order valence-electron chi connectivity index (χ4n) is 3.11. The minimum atomic E-state index is 0.0347. The summed E-state index contributed by atoms with van der Waals surface area (Å²) in [6.07, 6.45) is 2.01. The lowest BCUT2D eigenvalue weighted by Gasteiger charge is -2.32. The van der Waals surface area contributed by atoms with E-state index >= 15 is 0 Å². The molecule has 2 aromatic rings. The minimum Gasteiger partial charge on any atom is -0.376 e. The predicted octanol–water partition coefficient (Wildman–Crippen LogP) is 3.83. The molecule has 0 aliphatic carbocycles. The van der Waals surface area contributed by atoms with E-state index in [1.54, 1.807) is 0 Å². The van der Waals surface area contributed by atoms with Gasteiger partial charge in [0.15, 0.2) is 0 Å². The van der Waals surface area contributed by atoms with Gasteiger partial charge in [-0.15, -0.1) is 0 Å². The molecule has 25 heavy (non-hydrogen) atoms. The van der Waals surface area contributed by atoms with Crippen molar-refractivity contribution >= 4 is 6.03 Å². The van der Waals surface area contributed by atoms with Crippen LogP contribution in [0, 0.1) is 5.92 Å². The summed E-state index contributed by atoms with van der Waals surface area (Å²) in [4.78, 5) is 14.2. The highest BCUT2D eigenvalue weighted by molar-refractivity contribution is 5.74. The van der Waals surface area contributed by atoms with Gasteiger partial charge < -0.3 is 15.0 Å². The van der Waals surface area contributed by atoms with Gasteiger partial charge in [0.1, 0.15) is 0 Å². The van der Waals surface area contributed by atoms with Crippen LogP contribution in [-0.2, 0) is 17.9 Å². The summed E-state index contributed by atoms with van der Waals surface area (Å²) in [6.45, 7) is 3.63. The Morgan fingerprint density at radius 3 is 2.20 bits per heavy atom. The fourth-order valence-corrected chi connectivity index (χ4v) is 3.11. The normalized spacial score (nSPS) is 15.1. The molecule has 1 N–H and O–H groups in total. The SMILES string of the molecule is O=C(NCc1ccccc1)N1CCC(COCc2ccccc2)CC1. The van der Waals surface area contributed by atoms with Crippen molar-refractivity contribution in [3.05, 3.63) is 71.8 Å². The van der Waals surface area contributed by atoms with Crippen LogP contribution in [-0.4, -0.2) is 30.6 Å². The Hall–Kier alpha value is -2.33. The first kappa shape index (κ1) is 17.5. The summed E-state index contributed by atoms with van der Waals surface area (Å²) in [7, 11) is 0. The number of amides is 2. The third kappa shape index (κ3) is 5.61. The van der Waals surface area contributed by atoms with Crippen molar-refractivity contribution in [3.8, 4) is 0 Å². The summed E-state index contributed by atoms with van der Waals surface area (Å²) in [6, 6.07) is 20.3. The zero-order chi connectivity index (χ0) is 17.3. The van der Waals surface area contributed by atoms with Gasteiger partial charge in [0, 0.05) is 26.2 Å². The molecule has 0 bridgehead atoms. The molecule has 1 aliphatic rings. The van der Waals surface area contributed by atoms with Crippen LogP contribution >= 0.6 is 0 Å². The Morgan fingerprint density at radius 2 is 1.56 bits per heavy atom. The number of piperidine rings is 1. The van der Waals surface area contributed by atoms with Crippen molar-refractivity contribution in [1.29, 1.82) is 0 Å². The van der Waals surface area contributed by atoms with Gasteiger partial charge in [0.2, 0.25) is 0 Å². The Bertz CT molecular complexity index is 637. The van der Waals surface area contributed by atoms with Crippen LogP contribution in [0.4, 0.5) is 4.79 Å². The van der Waals surface area contributed by atoms with Crippen molar-refractivity contribution in [1.82, 2.24) is 10.2 Å². The quantitative estimate of drug-likeness (QED) is 0.870. The van der Waals surface area contributed by atoms with E-state index in [4.69, 9.17) is 4.74 Å². The molecule has 1 saturated heterocycles. The molecule has 3 rings (SSSR count). The van der Waals surface area contributed by atoms with Gasteiger partial charge >= 0.3 is 6.03 Å². The Labute approximate surface area is 149 Å². The van der Waals surface area contributed by atoms with E-state index in [9.17, 15) is 4.79 Å². The second-order valence-electron chi connectivity index (χ2n) is 6.58. The van der Waals surface area contributed by atoms with Crippen LogP contribution in [0.3, 0.4) is 0 Å². The average Bonchev–Trinajstić information content (AvgIpc) is 2.68. The number of nitrogens with zero attached hydrogens (tertiary/aromatic N) is 1. The van der Waals surface area contributed by atoms with Crippen molar-refractivity contribution in [2.75, 3.05) is 19.7 Å². The molecule has 1 heterocycles. The van der Waals surface area contributed by atoms with Gasteiger partial charge in [-0.3, -0.25) is 0 Å². The van der Waals surface area contributed by atoms with Crippen LogP contribution in [0.5, 0.6) is 0 Å². The van der Waals surface area contributed by atoms with Crippen molar-refractivity contribution in [2.45, 2.75) is 26.0 Å². The molecule has 1 fully saturated rings. The van der Waals surface area contributed by atoms with Gasteiger partial charge in [-0.1, -0.05) is 60.7 Å². The van der Waals surface area contributed by atoms with Gasteiger partial charge in [0.05, 0.1) is 6.61 Å². The number of carbonyl (C=O) groups excluding carboxylic acids is 1. The molecule has 0 unspecified atom stereocenters. The molecular formula is C21H26N2O2. The zero-order valence-electron chi connectivity index (χ0n) is 14.6. The second kappa shape index (κ2) is 9.23. The summed E-state index contributed by atoms with van der Waals surface area (Å²) in [5.74, 6) is 0.543. The second-order valence-corrected chi connectivity index (χ2v) is 6.58. The molecular weight excluding hydrogens is 312 g/mol. The number of rotatable bonds is 6.